The molecule has 0 aliphatic carbocycles. The van der Waals surface area contributed by atoms with E-state index >= 15 is 0 Å². The number of nitrogens with two attached hydrogens (primary N) is 1. The molecule has 0 radical (unpaired) electrons. The van der Waals surface area contributed by atoms with Crippen molar-refractivity contribution in [2.45, 2.75) is 26.4 Å². The van der Waals surface area contributed by atoms with Crippen molar-refractivity contribution < 1.29 is 19.3 Å². The van der Waals surface area contributed by atoms with Gasteiger partial charge in [0.2, 0.25) is 11.8 Å². The zero-order chi connectivity index (χ0) is 17.9. The van der Waals surface area contributed by atoms with Gasteiger partial charge in [0.1, 0.15) is 11.8 Å². The van der Waals surface area contributed by atoms with E-state index in [0.717, 1.165) is 6.20 Å². The van der Waals surface area contributed by atoms with E-state index in [-0.39, 0.29) is 11.5 Å². The van der Waals surface area contributed by atoms with Gasteiger partial charge < -0.3 is 20.2 Å². The lowest BCUT2D eigenvalue weighted by Gasteiger charge is -2.33. The van der Waals surface area contributed by atoms with E-state index in [2.05, 4.69) is 9.97 Å². The molecule has 24 heavy (non-hydrogen) atoms. The molecule has 11 heteroatoms. The fraction of sp³-hybridized carbons (Fsp3) is 0.615. The van der Waals surface area contributed by atoms with Crippen LogP contribution in [0.1, 0.15) is 20.8 Å². The van der Waals surface area contributed by atoms with Crippen LogP contribution in [0.25, 0.3) is 0 Å². The molecule has 1 aromatic rings. The molecule has 0 atom stereocenters. The maximum atomic E-state index is 11.6. The van der Waals surface area contributed by atoms with Gasteiger partial charge in [0, 0.05) is 13.1 Å². The number of aromatic nitrogens is 2. The second kappa shape index (κ2) is 6.83. The van der Waals surface area contributed by atoms with Crippen molar-refractivity contribution in [1.82, 2.24) is 15.0 Å². The van der Waals surface area contributed by atoms with Gasteiger partial charge >= 0.3 is 11.8 Å². The zero-order valence-electron chi connectivity index (χ0n) is 13.8. The molecule has 2 N–H and O–H groups in total. The van der Waals surface area contributed by atoms with Crippen molar-refractivity contribution in [1.29, 1.82) is 0 Å². The number of anilines is 2. The van der Waals surface area contributed by atoms with E-state index in [0.29, 0.717) is 32.1 Å². The van der Waals surface area contributed by atoms with Crippen LogP contribution in [-0.4, -0.2) is 57.9 Å². The highest BCUT2D eigenvalue weighted by atomic mass is 16.8. The Morgan fingerprint density at radius 3 is 2.46 bits per heavy atom. The van der Waals surface area contributed by atoms with Crippen molar-refractivity contribution in [3.63, 3.8) is 0 Å². The molecule has 0 bridgehead atoms. The third-order valence-electron chi connectivity index (χ3n) is 3.10. The molecule has 2 heterocycles. The summed E-state index contributed by atoms with van der Waals surface area (Å²) in [5, 5.41) is 12.2. The number of piperazine rings is 1. The number of ether oxygens (including phenoxy) is 1. The Morgan fingerprint density at radius 1 is 1.33 bits per heavy atom. The Morgan fingerprint density at radius 2 is 1.96 bits per heavy atom. The summed E-state index contributed by atoms with van der Waals surface area (Å²) in [7, 11) is 0. The van der Waals surface area contributed by atoms with E-state index in [1.807, 2.05) is 0 Å². The second-order valence-electron chi connectivity index (χ2n) is 6.17. The van der Waals surface area contributed by atoms with Crippen LogP contribution in [0, 0.1) is 10.1 Å². The monoisotopic (exact) mass is 340 g/mol. The van der Waals surface area contributed by atoms with Gasteiger partial charge in [-0.2, -0.15) is 4.98 Å². The summed E-state index contributed by atoms with van der Waals surface area (Å²) >= 11 is 0. The zero-order valence-corrected chi connectivity index (χ0v) is 13.8. The van der Waals surface area contributed by atoms with E-state index in [4.69, 9.17) is 15.3 Å². The Kier molecular flexibility index (Phi) is 5.02. The molecule has 0 aromatic carbocycles. The summed E-state index contributed by atoms with van der Waals surface area (Å²) in [6.07, 6.45) is 0.327. The van der Waals surface area contributed by atoms with Gasteiger partial charge in [-0.3, -0.25) is 10.1 Å². The first-order valence-electron chi connectivity index (χ1n) is 7.33. The SMILES string of the molecule is CC(C)(C)OC(=O)ON1CCN(c2ncc([N+](=O)[O-])c(N)n2)CC1. The first kappa shape index (κ1) is 17.7. The number of rotatable bonds is 3. The Balaban J connectivity index is 1.90. The van der Waals surface area contributed by atoms with E-state index in [1.54, 1.807) is 25.7 Å². The first-order valence-corrected chi connectivity index (χ1v) is 7.33. The van der Waals surface area contributed by atoms with E-state index in [9.17, 15) is 14.9 Å². The highest BCUT2D eigenvalue weighted by Gasteiger charge is 2.26. The standard InChI is InChI=1S/C13H20N6O5/c1-13(2,3)23-12(20)24-18-6-4-17(5-7-18)11-15-8-9(19(21)22)10(14)16-11/h8H,4-7H2,1-3H3,(H2,14,15,16). The van der Waals surface area contributed by atoms with Gasteiger partial charge in [-0.25, -0.2) is 9.78 Å². The molecule has 132 valence electrons. The first-order chi connectivity index (χ1) is 11.2. The molecule has 0 spiro atoms. The van der Waals surface area contributed by atoms with Gasteiger partial charge in [0.05, 0.1) is 18.0 Å². The molecule has 1 aliphatic heterocycles. The molecule has 1 saturated heterocycles. The van der Waals surface area contributed by atoms with Crippen molar-refractivity contribution in [3.05, 3.63) is 16.3 Å². The maximum absolute atomic E-state index is 11.6. The Hall–Kier alpha value is -2.69. The fourth-order valence-electron chi connectivity index (χ4n) is 2.03. The average molecular weight is 340 g/mol. The predicted molar refractivity (Wildman–Crippen MR) is 84.2 cm³/mol. The van der Waals surface area contributed by atoms with Gasteiger partial charge in [-0.05, 0) is 20.8 Å². The van der Waals surface area contributed by atoms with Crippen molar-refractivity contribution in [2.75, 3.05) is 36.8 Å². The van der Waals surface area contributed by atoms with Crippen LogP contribution in [0.4, 0.5) is 22.2 Å². The lowest BCUT2D eigenvalue weighted by atomic mass is 10.2. The summed E-state index contributed by atoms with van der Waals surface area (Å²) in [6.45, 7) is 7.03. The van der Waals surface area contributed by atoms with Crippen LogP contribution in [-0.2, 0) is 9.57 Å². The molecule has 0 amide bonds. The van der Waals surface area contributed by atoms with E-state index < -0.39 is 16.7 Å². The van der Waals surface area contributed by atoms with Crippen LogP contribution >= 0.6 is 0 Å². The summed E-state index contributed by atoms with van der Waals surface area (Å²) in [6, 6.07) is 0. The summed E-state index contributed by atoms with van der Waals surface area (Å²) in [5.74, 6) is 0.118. The molecular formula is C13H20N6O5. The van der Waals surface area contributed by atoms with Crippen molar-refractivity contribution >= 4 is 23.6 Å². The smallest absolute Gasteiger partial charge is 0.427 e. The van der Waals surface area contributed by atoms with Gasteiger partial charge in [-0.15, -0.1) is 5.06 Å². The molecule has 1 aliphatic rings. The normalized spacial score (nSPS) is 15.9. The van der Waals surface area contributed by atoms with Gasteiger partial charge in [-0.1, -0.05) is 0 Å². The molecule has 0 saturated carbocycles. The molecular weight excluding hydrogens is 320 g/mol. The highest BCUT2D eigenvalue weighted by Crippen LogP contribution is 2.21. The number of nitro groups is 1. The number of hydrogen-bond donors (Lipinski definition) is 1. The van der Waals surface area contributed by atoms with Crippen molar-refractivity contribution in [2.24, 2.45) is 0 Å². The minimum atomic E-state index is -0.758. The Bertz CT molecular complexity index is 624. The molecule has 1 fully saturated rings. The van der Waals surface area contributed by atoms with Gasteiger partial charge in [0.15, 0.2) is 0 Å². The average Bonchev–Trinajstić information content (AvgIpc) is 2.45. The number of nitrogen functional groups attached to an aromatic ring is 1. The number of carbonyl (C=O) groups excluding carboxylic acids is 1. The molecule has 11 nitrogen and oxygen atoms in total. The third-order valence-corrected chi connectivity index (χ3v) is 3.10. The maximum Gasteiger partial charge on any atom is 0.528 e. The number of hydroxylamine groups is 2. The lowest BCUT2D eigenvalue weighted by Crippen LogP contribution is -2.48. The molecule has 0 unspecified atom stereocenters. The Labute approximate surface area is 138 Å². The predicted octanol–water partition coefficient (Wildman–Crippen LogP) is 0.956. The fourth-order valence-corrected chi connectivity index (χ4v) is 2.03. The summed E-state index contributed by atoms with van der Waals surface area (Å²) in [5.41, 5.74) is 4.62. The minimum Gasteiger partial charge on any atom is -0.427 e. The third kappa shape index (κ3) is 4.65. The largest absolute Gasteiger partial charge is 0.528 e. The molecule has 2 rings (SSSR count). The highest BCUT2D eigenvalue weighted by molar-refractivity contribution is 5.60. The minimum absolute atomic E-state index is 0.183. The summed E-state index contributed by atoms with van der Waals surface area (Å²) < 4.78 is 5.08. The molecule has 1 aromatic heterocycles. The van der Waals surface area contributed by atoms with Crippen LogP contribution in [0.2, 0.25) is 0 Å². The van der Waals surface area contributed by atoms with Crippen LogP contribution in [0.3, 0.4) is 0 Å². The summed E-state index contributed by atoms with van der Waals surface area (Å²) in [4.78, 5) is 36.5. The lowest BCUT2D eigenvalue weighted by molar-refractivity contribution is -0.384. The van der Waals surface area contributed by atoms with E-state index in [1.165, 1.54) is 5.06 Å². The number of hydrogen-bond acceptors (Lipinski definition) is 10. The van der Waals surface area contributed by atoms with Crippen molar-refractivity contribution in [3.8, 4) is 0 Å². The number of carbonyl (C=O) groups is 1. The number of nitrogens with zero attached hydrogens (tertiary/aromatic N) is 5. The topological polar surface area (TPSA) is 137 Å². The van der Waals surface area contributed by atoms with Crippen LogP contribution < -0.4 is 10.6 Å². The van der Waals surface area contributed by atoms with Gasteiger partial charge in [0.25, 0.3) is 0 Å². The van der Waals surface area contributed by atoms with Crippen LogP contribution in [0.5, 0.6) is 0 Å². The quantitative estimate of drug-likeness (QED) is 0.481. The van der Waals surface area contributed by atoms with Crippen LogP contribution in [0.15, 0.2) is 6.20 Å². The second-order valence-corrected chi connectivity index (χ2v) is 6.17.